The molecular weight excluding hydrogens is 290 g/mol. The van der Waals surface area contributed by atoms with Crippen LogP contribution < -0.4 is 21.6 Å². The van der Waals surface area contributed by atoms with Crippen LogP contribution in [-0.2, 0) is 4.79 Å². The molecule has 1 aromatic carbocycles. The first-order valence-corrected chi connectivity index (χ1v) is 6.59. The summed E-state index contributed by atoms with van der Waals surface area (Å²) < 4.78 is 5.97. The Hall–Kier alpha value is -2.90. The van der Waals surface area contributed by atoms with Gasteiger partial charge in [-0.3, -0.25) is 19.2 Å². The van der Waals surface area contributed by atoms with Crippen LogP contribution in [0.3, 0.4) is 0 Å². The zero-order valence-corrected chi connectivity index (χ0v) is 12.1. The molecule has 0 unspecified atom stereocenters. The van der Waals surface area contributed by atoms with E-state index in [9.17, 15) is 19.2 Å². The van der Waals surface area contributed by atoms with E-state index in [0.717, 1.165) is 0 Å². The van der Waals surface area contributed by atoms with Crippen molar-refractivity contribution in [2.45, 2.75) is 20.3 Å². The van der Waals surface area contributed by atoms with Gasteiger partial charge in [0.25, 0.3) is 0 Å². The summed E-state index contributed by atoms with van der Waals surface area (Å²) in [6.07, 6.45) is -0.481. The summed E-state index contributed by atoms with van der Waals surface area (Å²) in [6, 6.07) is 2.79. The first-order chi connectivity index (χ1) is 10.3. The van der Waals surface area contributed by atoms with Crippen LogP contribution in [0.1, 0.15) is 25.1 Å². The van der Waals surface area contributed by atoms with Gasteiger partial charge in [-0.1, -0.05) is 0 Å². The Labute approximate surface area is 124 Å². The molecule has 0 atom stereocenters. The van der Waals surface area contributed by atoms with Gasteiger partial charge in [0.2, 0.25) is 5.91 Å². The molecule has 0 spiro atoms. The topological polar surface area (TPSA) is 124 Å². The Balaban J connectivity index is 2.79. The molecule has 0 radical (unpaired) electrons. The van der Waals surface area contributed by atoms with Crippen LogP contribution in [0, 0.1) is 0 Å². The maximum atomic E-state index is 12.1. The van der Waals surface area contributed by atoms with E-state index < -0.39 is 29.2 Å². The minimum absolute atomic E-state index is 0.122. The minimum atomic E-state index is -1.05. The first-order valence-electron chi connectivity index (χ1n) is 6.59. The van der Waals surface area contributed by atoms with E-state index in [1.807, 2.05) is 0 Å². The molecule has 0 fully saturated rings. The lowest BCUT2D eigenvalue weighted by molar-refractivity contribution is -0.116. The van der Waals surface area contributed by atoms with E-state index in [2.05, 4.69) is 4.98 Å². The summed E-state index contributed by atoms with van der Waals surface area (Å²) in [6.45, 7) is 3.35. The molecule has 0 saturated heterocycles. The quantitative estimate of drug-likeness (QED) is 0.475. The van der Waals surface area contributed by atoms with Crippen molar-refractivity contribution in [2.75, 3.05) is 12.3 Å². The van der Waals surface area contributed by atoms with Gasteiger partial charge < -0.3 is 15.5 Å². The van der Waals surface area contributed by atoms with Gasteiger partial charge in [-0.15, -0.1) is 0 Å². The van der Waals surface area contributed by atoms with Crippen LogP contribution in [0.4, 0.5) is 5.69 Å². The number of carbonyl (C=O) groups is 2. The number of rotatable bonds is 4. The zero-order valence-electron chi connectivity index (χ0n) is 12.1. The molecule has 1 aromatic heterocycles. The van der Waals surface area contributed by atoms with Crippen molar-refractivity contribution in [1.29, 1.82) is 0 Å². The SMILES string of the molecule is CCOc1cc2[nH]c(=O)c(=O)n(C(=O)CC(C)=O)c2cc1N. The highest BCUT2D eigenvalue weighted by atomic mass is 16.5. The zero-order chi connectivity index (χ0) is 16.4. The van der Waals surface area contributed by atoms with Crippen LogP contribution in [-0.4, -0.2) is 27.8 Å². The second kappa shape index (κ2) is 5.84. The number of nitrogens with one attached hydrogen (secondary N) is 1. The largest absolute Gasteiger partial charge is 0.492 e. The lowest BCUT2D eigenvalue weighted by Gasteiger charge is -2.11. The maximum absolute atomic E-state index is 12.1. The van der Waals surface area contributed by atoms with Crippen molar-refractivity contribution in [2.24, 2.45) is 0 Å². The second-order valence-corrected chi connectivity index (χ2v) is 4.71. The third-order valence-electron chi connectivity index (χ3n) is 2.96. The van der Waals surface area contributed by atoms with Gasteiger partial charge in [0.05, 0.1) is 29.7 Å². The molecule has 0 bridgehead atoms. The Bertz CT molecular complexity index is 878. The summed E-state index contributed by atoms with van der Waals surface area (Å²) in [5.41, 5.74) is 4.36. The number of hydrogen-bond donors (Lipinski definition) is 2. The summed E-state index contributed by atoms with van der Waals surface area (Å²) in [5.74, 6) is -0.865. The lowest BCUT2D eigenvalue weighted by atomic mass is 10.2. The Morgan fingerprint density at radius 2 is 2.00 bits per heavy atom. The third-order valence-corrected chi connectivity index (χ3v) is 2.96. The summed E-state index contributed by atoms with van der Waals surface area (Å²) in [7, 11) is 0. The van der Waals surface area contributed by atoms with Crippen molar-refractivity contribution in [1.82, 2.24) is 9.55 Å². The lowest BCUT2D eigenvalue weighted by Crippen LogP contribution is -2.40. The number of Topliss-reactive ketones (excluding diaryl/α,β-unsaturated/α-hetero) is 1. The van der Waals surface area contributed by atoms with Gasteiger partial charge in [-0.25, -0.2) is 4.57 Å². The Morgan fingerprint density at radius 3 is 2.59 bits per heavy atom. The standard InChI is InChI=1S/C14H15N3O5/c1-3-22-11-6-9-10(5-8(11)15)17(12(19)4-7(2)18)14(21)13(20)16-9/h5-6H,3-4,15H2,1-2H3,(H,16,20). The predicted octanol–water partition coefficient (Wildman–Crippen LogP) is 0.290. The van der Waals surface area contributed by atoms with Gasteiger partial charge in [-0.05, 0) is 19.9 Å². The molecule has 0 aliphatic rings. The van der Waals surface area contributed by atoms with E-state index in [1.54, 1.807) is 6.92 Å². The van der Waals surface area contributed by atoms with Crippen LogP contribution in [0.15, 0.2) is 21.7 Å². The molecular formula is C14H15N3O5. The number of hydrogen-bond acceptors (Lipinski definition) is 6. The van der Waals surface area contributed by atoms with Gasteiger partial charge in [0, 0.05) is 6.07 Å². The highest BCUT2D eigenvalue weighted by Gasteiger charge is 2.17. The minimum Gasteiger partial charge on any atom is -0.492 e. The highest BCUT2D eigenvalue weighted by molar-refractivity contribution is 6.01. The van der Waals surface area contributed by atoms with Crippen LogP contribution >= 0.6 is 0 Å². The van der Waals surface area contributed by atoms with Crippen LogP contribution in [0.5, 0.6) is 5.75 Å². The fraction of sp³-hybridized carbons (Fsp3) is 0.286. The third kappa shape index (κ3) is 2.76. The number of nitrogens with zero attached hydrogens (tertiary/aromatic N) is 1. The van der Waals surface area contributed by atoms with Gasteiger partial charge in [0.1, 0.15) is 11.5 Å². The summed E-state index contributed by atoms with van der Waals surface area (Å²) >= 11 is 0. The second-order valence-electron chi connectivity index (χ2n) is 4.71. The highest BCUT2D eigenvalue weighted by Crippen LogP contribution is 2.26. The number of benzene rings is 1. The van der Waals surface area contributed by atoms with Gasteiger partial charge in [-0.2, -0.15) is 0 Å². The molecule has 0 saturated carbocycles. The van der Waals surface area contributed by atoms with E-state index in [-0.39, 0.29) is 16.7 Å². The normalized spacial score (nSPS) is 10.6. The number of fused-ring (bicyclic) bond motifs is 1. The van der Waals surface area contributed by atoms with Crippen molar-refractivity contribution < 1.29 is 14.3 Å². The van der Waals surface area contributed by atoms with Crippen molar-refractivity contribution in [3.63, 3.8) is 0 Å². The van der Waals surface area contributed by atoms with Gasteiger partial charge in [0.15, 0.2) is 0 Å². The molecule has 0 aliphatic carbocycles. The smallest absolute Gasteiger partial charge is 0.323 e. The summed E-state index contributed by atoms with van der Waals surface area (Å²) in [4.78, 5) is 49.2. The molecule has 8 nitrogen and oxygen atoms in total. The molecule has 0 aliphatic heterocycles. The average molecular weight is 305 g/mol. The average Bonchev–Trinajstić information content (AvgIpc) is 2.41. The Kier molecular flexibility index (Phi) is 4.11. The van der Waals surface area contributed by atoms with E-state index >= 15 is 0 Å². The number of H-pyrrole nitrogens is 1. The van der Waals surface area contributed by atoms with Crippen molar-refractivity contribution in [3.05, 3.63) is 32.8 Å². The van der Waals surface area contributed by atoms with Crippen molar-refractivity contribution in [3.8, 4) is 5.75 Å². The van der Waals surface area contributed by atoms with Gasteiger partial charge >= 0.3 is 11.1 Å². The van der Waals surface area contributed by atoms with E-state index in [0.29, 0.717) is 16.9 Å². The number of nitrogens with two attached hydrogens (primary N) is 1. The maximum Gasteiger partial charge on any atom is 0.323 e. The number of anilines is 1. The summed E-state index contributed by atoms with van der Waals surface area (Å²) in [5, 5.41) is 0. The molecule has 2 aromatic rings. The fourth-order valence-electron chi connectivity index (χ4n) is 2.08. The van der Waals surface area contributed by atoms with Crippen LogP contribution in [0.25, 0.3) is 11.0 Å². The number of ketones is 1. The number of carbonyl (C=O) groups excluding carboxylic acids is 2. The number of nitrogen functional groups attached to an aromatic ring is 1. The molecule has 1 heterocycles. The first kappa shape index (κ1) is 15.5. The molecule has 0 amide bonds. The monoisotopic (exact) mass is 305 g/mol. The fourth-order valence-corrected chi connectivity index (χ4v) is 2.08. The molecule has 3 N–H and O–H groups in total. The number of ether oxygens (including phenoxy) is 1. The predicted molar refractivity (Wildman–Crippen MR) is 80.3 cm³/mol. The molecule has 116 valence electrons. The molecule has 8 heteroatoms. The Morgan fingerprint density at radius 1 is 1.32 bits per heavy atom. The van der Waals surface area contributed by atoms with Crippen molar-refractivity contribution >= 4 is 28.4 Å². The molecule has 22 heavy (non-hydrogen) atoms. The molecule has 2 rings (SSSR count). The van der Waals surface area contributed by atoms with Crippen LogP contribution in [0.2, 0.25) is 0 Å². The number of aromatic nitrogens is 2. The van der Waals surface area contributed by atoms with E-state index in [1.165, 1.54) is 19.1 Å². The number of aromatic amines is 1. The van der Waals surface area contributed by atoms with E-state index in [4.69, 9.17) is 10.5 Å².